The molecule has 14 heavy (non-hydrogen) atoms. The summed E-state index contributed by atoms with van der Waals surface area (Å²) in [5.41, 5.74) is 1.15. The maximum Gasteiger partial charge on any atom is 0.0544 e. The van der Waals surface area contributed by atoms with E-state index in [4.69, 9.17) is 5.11 Å². The predicted molar refractivity (Wildman–Crippen MR) is 53.9 cm³/mol. The minimum Gasteiger partial charge on any atom is -0.396 e. The van der Waals surface area contributed by atoms with Crippen molar-refractivity contribution < 1.29 is 10.2 Å². The van der Waals surface area contributed by atoms with Gasteiger partial charge in [-0.1, -0.05) is 0 Å². The Labute approximate surface area is 84.2 Å². The average Bonchev–Trinajstić information content (AvgIpc) is 2.58. The van der Waals surface area contributed by atoms with Crippen LogP contribution in [0.25, 0.3) is 0 Å². The number of nitrogens with zero attached hydrogens (tertiary/aromatic N) is 2. The van der Waals surface area contributed by atoms with Crippen molar-refractivity contribution in [3.8, 4) is 0 Å². The van der Waals surface area contributed by atoms with Gasteiger partial charge in [0.15, 0.2) is 0 Å². The fourth-order valence-electron chi connectivity index (χ4n) is 1.41. The van der Waals surface area contributed by atoms with Crippen LogP contribution in [-0.2, 0) is 13.5 Å². The maximum atomic E-state index is 9.51. The van der Waals surface area contributed by atoms with E-state index in [1.807, 2.05) is 19.4 Å². The number of aliphatic hydroxyl groups is 2. The molecule has 0 aliphatic rings. The third kappa shape index (κ3) is 3.89. The van der Waals surface area contributed by atoms with Crippen LogP contribution in [0.3, 0.4) is 0 Å². The van der Waals surface area contributed by atoms with Gasteiger partial charge in [-0.05, 0) is 31.2 Å². The van der Waals surface area contributed by atoms with Crippen molar-refractivity contribution in [3.63, 3.8) is 0 Å². The van der Waals surface area contributed by atoms with Crippen molar-refractivity contribution in [2.45, 2.75) is 31.8 Å². The summed E-state index contributed by atoms with van der Waals surface area (Å²) in [7, 11) is 1.88. The van der Waals surface area contributed by atoms with Gasteiger partial charge in [0.2, 0.25) is 0 Å². The molecule has 1 unspecified atom stereocenters. The molecule has 0 bridgehead atoms. The zero-order valence-corrected chi connectivity index (χ0v) is 8.56. The van der Waals surface area contributed by atoms with Crippen LogP contribution < -0.4 is 0 Å². The van der Waals surface area contributed by atoms with E-state index in [2.05, 4.69) is 5.10 Å². The Morgan fingerprint density at radius 3 is 2.86 bits per heavy atom. The molecule has 1 rings (SSSR count). The molecule has 1 atom stereocenters. The Morgan fingerprint density at radius 2 is 2.29 bits per heavy atom. The molecule has 0 aliphatic heterocycles. The molecule has 1 aromatic heterocycles. The van der Waals surface area contributed by atoms with E-state index in [1.165, 1.54) is 0 Å². The molecule has 0 saturated heterocycles. The Kier molecular flexibility index (Phi) is 4.62. The lowest BCUT2D eigenvalue weighted by Crippen LogP contribution is -2.08. The summed E-state index contributed by atoms with van der Waals surface area (Å²) < 4.78 is 1.76. The molecule has 0 aliphatic carbocycles. The second kappa shape index (κ2) is 5.78. The molecule has 0 saturated carbocycles. The topological polar surface area (TPSA) is 58.3 Å². The number of hydrogen-bond acceptors (Lipinski definition) is 3. The van der Waals surface area contributed by atoms with Crippen LogP contribution in [0.15, 0.2) is 12.4 Å². The van der Waals surface area contributed by atoms with Gasteiger partial charge in [-0.3, -0.25) is 4.68 Å². The Morgan fingerprint density at radius 1 is 1.50 bits per heavy atom. The molecule has 0 aromatic carbocycles. The van der Waals surface area contributed by atoms with Crippen LogP contribution in [0.5, 0.6) is 0 Å². The molecular weight excluding hydrogens is 180 g/mol. The van der Waals surface area contributed by atoms with Gasteiger partial charge in [-0.2, -0.15) is 5.10 Å². The van der Waals surface area contributed by atoms with Crippen LogP contribution in [-0.4, -0.2) is 32.7 Å². The van der Waals surface area contributed by atoms with Crippen LogP contribution in [0.4, 0.5) is 0 Å². The Hall–Kier alpha value is -0.870. The number of aliphatic hydroxyl groups excluding tert-OH is 2. The molecule has 0 fully saturated rings. The van der Waals surface area contributed by atoms with Gasteiger partial charge in [-0.15, -0.1) is 0 Å². The summed E-state index contributed by atoms with van der Waals surface area (Å²) in [5.74, 6) is 0. The summed E-state index contributed by atoms with van der Waals surface area (Å²) in [6.07, 6.45) is 6.41. The fourth-order valence-corrected chi connectivity index (χ4v) is 1.41. The van der Waals surface area contributed by atoms with Crippen LogP contribution in [0.2, 0.25) is 0 Å². The van der Waals surface area contributed by atoms with E-state index in [0.717, 1.165) is 18.4 Å². The van der Waals surface area contributed by atoms with Gasteiger partial charge < -0.3 is 10.2 Å². The van der Waals surface area contributed by atoms with E-state index in [-0.39, 0.29) is 12.7 Å². The van der Waals surface area contributed by atoms with Gasteiger partial charge >= 0.3 is 0 Å². The zero-order chi connectivity index (χ0) is 10.4. The first-order valence-corrected chi connectivity index (χ1v) is 4.99. The Bertz CT molecular complexity index is 260. The fraction of sp³-hybridized carbons (Fsp3) is 0.700. The largest absolute Gasteiger partial charge is 0.396 e. The van der Waals surface area contributed by atoms with Crippen molar-refractivity contribution in [1.82, 2.24) is 9.78 Å². The van der Waals surface area contributed by atoms with Crippen LogP contribution in [0.1, 0.15) is 24.8 Å². The van der Waals surface area contributed by atoms with E-state index >= 15 is 0 Å². The highest BCUT2D eigenvalue weighted by molar-refractivity contribution is 5.03. The average molecular weight is 198 g/mol. The minimum atomic E-state index is -0.303. The second-order valence-electron chi connectivity index (χ2n) is 3.58. The van der Waals surface area contributed by atoms with Gasteiger partial charge in [0, 0.05) is 19.9 Å². The monoisotopic (exact) mass is 198 g/mol. The summed E-state index contributed by atoms with van der Waals surface area (Å²) in [5, 5.41) is 22.1. The van der Waals surface area contributed by atoms with Crippen molar-refractivity contribution in [3.05, 3.63) is 18.0 Å². The molecule has 0 spiro atoms. The highest BCUT2D eigenvalue weighted by atomic mass is 16.3. The highest BCUT2D eigenvalue weighted by Crippen LogP contribution is 2.07. The second-order valence-corrected chi connectivity index (χ2v) is 3.58. The third-order valence-electron chi connectivity index (χ3n) is 2.22. The highest BCUT2D eigenvalue weighted by Gasteiger charge is 2.04. The van der Waals surface area contributed by atoms with E-state index in [1.54, 1.807) is 4.68 Å². The first-order valence-electron chi connectivity index (χ1n) is 4.99. The molecule has 4 nitrogen and oxygen atoms in total. The van der Waals surface area contributed by atoms with Crippen molar-refractivity contribution in [2.75, 3.05) is 6.61 Å². The first kappa shape index (κ1) is 11.2. The number of aromatic nitrogens is 2. The third-order valence-corrected chi connectivity index (χ3v) is 2.22. The van der Waals surface area contributed by atoms with Crippen molar-refractivity contribution in [1.29, 1.82) is 0 Å². The molecule has 1 aromatic rings. The lowest BCUT2D eigenvalue weighted by atomic mass is 10.1. The number of rotatable bonds is 6. The summed E-state index contributed by atoms with van der Waals surface area (Å²) in [6, 6.07) is 0. The van der Waals surface area contributed by atoms with Crippen molar-refractivity contribution in [2.24, 2.45) is 7.05 Å². The quantitative estimate of drug-likeness (QED) is 0.699. The van der Waals surface area contributed by atoms with Gasteiger partial charge in [0.25, 0.3) is 0 Å². The van der Waals surface area contributed by atoms with Crippen LogP contribution in [0, 0.1) is 0 Å². The normalized spacial score (nSPS) is 13.1. The minimum absolute atomic E-state index is 0.157. The lowest BCUT2D eigenvalue weighted by molar-refractivity contribution is 0.141. The molecule has 2 N–H and O–H groups in total. The van der Waals surface area contributed by atoms with Gasteiger partial charge in [-0.25, -0.2) is 0 Å². The number of aryl methyl sites for hydroxylation is 2. The SMILES string of the molecule is Cn1cc(CCC(O)CCCO)cn1. The lowest BCUT2D eigenvalue weighted by Gasteiger charge is -2.07. The molecule has 80 valence electrons. The smallest absolute Gasteiger partial charge is 0.0544 e. The standard InChI is InChI=1S/C10H18N2O2/c1-12-8-9(7-11-12)4-5-10(14)3-2-6-13/h7-8,10,13-14H,2-6H2,1H3. The molecule has 1 heterocycles. The maximum absolute atomic E-state index is 9.51. The number of hydrogen-bond donors (Lipinski definition) is 2. The molecule has 4 heteroatoms. The predicted octanol–water partition coefficient (Wildman–Crippen LogP) is 0.486. The zero-order valence-electron chi connectivity index (χ0n) is 8.56. The van der Waals surface area contributed by atoms with E-state index < -0.39 is 0 Å². The van der Waals surface area contributed by atoms with E-state index in [0.29, 0.717) is 12.8 Å². The molecular formula is C10H18N2O2. The van der Waals surface area contributed by atoms with Gasteiger partial charge in [0.1, 0.15) is 0 Å². The first-order chi connectivity index (χ1) is 6.72. The summed E-state index contributed by atoms with van der Waals surface area (Å²) in [6.45, 7) is 0.157. The van der Waals surface area contributed by atoms with Crippen LogP contribution >= 0.6 is 0 Å². The van der Waals surface area contributed by atoms with E-state index in [9.17, 15) is 5.11 Å². The Balaban J connectivity index is 2.20. The molecule has 0 amide bonds. The summed E-state index contributed by atoms with van der Waals surface area (Å²) in [4.78, 5) is 0. The van der Waals surface area contributed by atoms with Gasteiger partial charge in [0.05, 0.1) is 12.3 Å². The van der Waals surface area contributed by atoms with Crippen molar-refractivity contribution >= 4 is 0 Å². The summed E-state index contributed by atoms with van der Waals surface area (Å²) >= 11 is 0. The molecule has 0 radical (unpaired) electrons.